The highest BCUT2D eigenvalue weighted by atomic mass is 15.0. The highest BCUT2D eigenvalue weighted by Gasteiger charge is 2.00. The number of hydrogen-bond donors (Lipinski definition) is 2. The van der Waals surface area contributed by atoms with Crippen molar-refractivity contribution in [2.24, 2.45) is 0 Å². The van der Waals surface area contributed by atoms with E-state index in [-0.39, 0.29) is 0 Å². The molecule has 0 atom stereocenters. The standard InChI is InChI=1S/C5H10N3/c6-5-4-7-2-1-3-8-5/h1-4H2,(H2,6,8). The molecule has 0 unspecified atom stereocenters. The summed E-state index contributed by atoms with van der Waals surface area (Å²) in [6, 6.07) is 0. The normalized spacial score (nSPS) is 21.8. The van der Waals surface area contributed by atoms with Crippen molar-refractivity contribution in [3.8, 4) is 0 Å². The molecule has 8 heavy (non-hydrogen) atoms. The molecule has 0 aromatic carbocycles. The summed E-state index contributed by atoms with van der Waals surface area (Å²) in [5, 5.41) is 14.1. The Kier molecular flexibility index (Phi) is 1.86. The van der Waals surface area contributed by atoms with Gasteiger partial charge in [0, 0.05) is 13.1 Å². The van der Waals surface area contributed by atoms with E-state index in [0.29, 0.717) is 12.4 Å². The maximum Gasteiger partial charge on any atom is 0.109 e. The molecule has 1 aliphatic heterocycles. The van der Waals surface area contributed by atoms with Gasteiger partial charge in [-0.05, 0) is 6.42 Å². The van der Waals surface area contributed by atoms with Gasteiger partial charge in [-0.15, -0.1) is 0 Å². The molecule has 1 radical (unpaired) electrons. The van der Waals surface area contributed by atoms with Crippen LogP contribution in [-0.4, -0.2) is 25.5 Å². The van der Waals surface area contributed by atoms with Crippen LogP contribution >= 0.6 is 0 Å². The van der Waals surface area contributed by atoms with Crippen LogP contribution in [0.3, 0.4) is 0 Å². The van der Waals surface area contributed by atoms with Crippen molar-refractivity contribution in [1.82, 2.24) is 10.6 Å². The number of hydrogen-bond acceptors (Lipinski definition) is 1. The number of nitrogens with zero attached hydrogens (tertiary/aromatic N) is 1. The van der Waals surface area contributed by atoms with Crippen molar-refractivity contribution in [2.45, 2.75) is 6.42 Å². The quantitative estimate of drug-likeness (QED) is 0.438. The highest BCUT2D eigenvalue weighted by molar-refractivity contribution is 5.81. The molecule has 1 heterocycles. The van der Waals surface area contributed by atoms with Gasteiger partial charge in [0.25, 0.3) is 0 Å². The molecule has 1 rings (SSSR count). The first kappa shape index (κ1) is 5.56. The lowest BCUT2D eigenvalue weighted by molar-refractivity contribution is 0.717. The summed E-state index contributed by atoms with van der Waals surface area (Å²) in [7, 11) is 0. The minimum atomic E-state index is 0.558. The summed E-state index contributed by atoms with van der Waals surface area (Å²) in [5.41, 5.74) is 0. The SMILES string of the molecule is N=C1C[N]CCCN1. The summed E-state index contributed by atoms with van der Waals surface area (Å²) in [6.45, 7) is 2.41. The van der Waals surface area contributed by atoms with E-state index < -0.39 is 0 Å². The molecule has 45 valence electrons. The fourth-order valence-electron chi connectivity index (χ4n) is 0.677. The topological polar surface area (TPSA) is 50.0 Å². The van der Waals surface area contributed by atoms with Crippen LogP contribution < -0.4 is 10.6 Å². The third-order valence-electron chi connectivity index (χ3n) is 1.10. The van der Waals surface area contributed by atoms with Crippen molar-refractivity contribution in [3.05, 3.63) is 0 Å². The van der Waals surface area contributed by atoms with Crippen LogP contribution in [0.25, 0.3) is 0 Å². The van der Waals surface area contributed by atoms with E-state index in [2.05, 4.69) is 10.6 Å². The van der Waals surface area contributed by atoms with Gasteiger partial charge in [0.1, 0.15) is 5.84 Å². The van der Waals surface area contributed by atoms with E-state index in [4.69, 9.17) is 5.41 Å². The molecule has 3 heteroatoms. The van der Waals surface area contributed by atoms with Crippen molar-refractivity contribution in [2.75, 3.05) is 19.6 Å². The van der Waals surface area contributed by atoms with Crippen molar-refractivity contribution < 1.29 is 0 Å². The molecule has 1 aliphatic rings. The third-order valence-corrected chi connectivity index (χ3v) is 1.10. The van der Waals surface area contributed by atoms with Crippen LogP contribution in [0.5, 0.6) is 0 Å². The van der Waals surface area contributed by atoms with E-state index in [0.717, 1.165) is 19.5 Å². The first-order valence-corrected chi connectivity index (χ1v) is 2.84. The summed E-state index contributed by atoms with van der Waals surface area (Å²) in [4.78, 5) is 0. The first-order chi connectivity index (χ1) is 3.89. The van der Waals surface area contributed by atoms with E-state index in [1.54, 1.807) is 0 Å². The van der Waals surface area contributed by atoms with Crippen LogP contribution in [0.1, 0.15) is 6.42 Å². The Hall–Kier alpha value is -0.570. The smallest absolute Gasteiger partial charge is 0.109 e. The predicted octanol–water partition coefficient (Wildman–Crippen LogP) is -0.439. The zero-order chi connectivity index (χ0) is 5.82. The average molecular weight is 112 g/mol. The fraction of sp³-hybridized carbons (Fsp3) is 0.800. The van der Waals surface area contributed by atoms with Gasteiger partial charge >= 0.3 is 0 Å². The zero-order valence-corrected chi connectivity index (χ0v) is 4.78. The Morgan fingerprint density at radius 3 is 3.38 bits per heavy atom. The molecule has 1 fully saturated rings. The molecule has 2 N–H and O–H groups in total. The van der Waals surface area contributed by atoms with Gasteiger partial charge in [-0.3, -0.25) is 5.41 Å². The minimum Gasteiger partial charge on any atom is -0.373 e. The largest absolute Gasteiger partial charge is 0.373 e. The van der Waals surface area contributed by atoms with Gasteiger partial charge in [-0.25, -0.2) is 5.32 Å². The van der Waals surface area contributed by atoms with Gasteiger partial charge in [0.15, 0.2) is 0 Å². The van der Waals surface area contributed by atoms with E-state index in [9.17, 15) is 0 Å². The van der Waals surface area contributed by atoms with Gasteiger partial charge in [0.05, 0.1) is 6.54 Å². The summed E-state index contributed by atoms with van der Waals surface area (Å²) < 4.78 is 0. The second-order valence-electron chi connectivity index (χ2n) is 1.86. The van der Waals surface area contributed by atoms with Crippen LogP contribution in [0, 0.1) is 5.41 Å². The highest BCUT2D eigenvalue weighted by Crippen LogP contribution is 1.80. The number of amidine groups is 1. The summed E-state index contributed by atoms with van der Waals surface area (Å²) in [5.74, 6) is 0.558. The Bertz CT molecular complexity index is 79.7. The second kappa shape index (κ2) is 2.67. The zero-order valence-electron chi connectivity index (χ0n) is 4.78. The molecule has 0 bridgehead atoms. The number of rotatable bonds is 0. The monoisotopic (exact) mass is 112 g/mol. The van der Waals surface area contributed by atoms with Crippen molar-refractivity contribution in [1.29, 1.82) is 5.41 Å². The minimum absolute atomic E-state index is 0.558. The van der Waals surface area contributed by atoms with Crippen LogP contribution in [0.2, 0.25) is 0 Å². The molecule has 3 nitrogen and oxygen atoms in total. The van der Waals surface area contributed by atoms with Gasteiger partial charge in [0.2, 0.25) is 0 Å². The molecule has 0 amide bonds. The fourth-order valence-corrected chi connectivity index (χ4v) is 0.677. The molecule has 0 aromatic rings. The van der Waals surface area contributed by atoms with E-state index in [1.165, 1.54) is 0 Å². The van der Waals surface area contributed by atoms with E-state index in [1.807, 2.05) is 0 Å². The van der Waals surface area contributed by atoms with Crippen LogP contribution in [0.15, 0.2) is 0 Å². The molecule has 0 aliphatic carbocycles. The van der Waals surface area contributed by atoms with Crippen LogP contribution in [-0.2, 0) is 0 Å². The lowest BCUT2D eigenvalue weighted by Crippen LogP contribution is -2.25. The first-order valence-electron chi connectivity index (χ1n) is 2.84. The molecule has 0 saturated carbocycles. The van der Waals surface area contributed by atoms with E-state index >= 15 is 0 Å². The van der Waals surface area contributed by atoms with Gasteiger partial charge in [-0.1, -0.05) is 0 Å². The predicted molar refractivity (Wildman–Crippen MR) is 32.2 cm³/mol. The lowest BCUT2D eigenvalue weighted by Gasteiger charge is -1.97. The number of nitrogens with one attached hydrogen (secondary N) is 2. The van der Waals surface area contributed by atoms with Crippen molar-refractivity contribution >= 4 is 5.84 Å². The summed E-state index contributed by atoms with van der Waals surface area (Å²) >= 11 is 0. The van der Waals surface area contributed by atoms with Crippen molar-refractivity contribution in [3.63, 3.8) is 0 Å². The Morgan fingerprint density at radius 1 is 1.62 bits per heavy atom. The molecule has 0 aromatic heterocycles. The Morgan fingerprint density at radius 2 is 2.50 bits per heavy atom. The second-order valence-corrected chi connectivity index (χ2v) is 1.86. The maximum atomic E-state index is 7.12. The molecule has 1 saturated heterocycles. The Labute approximate surface area is 49.0 Å². The van der Waals surface area contributed by atoms with Gasteiger partial charge in [-0.2, -0.15) is 0 Å². The molecular formula is C5H10N3. The molecule has 0 spiro atoms. The maximum absolute atomic E-state index is 7.12. The summed E-state index contributed by atoms with van der Waals surface area (Å²) in [6.07, 6.45) is 1.07. The lowest BCUT2D eigenvalue weighted by atomic mass is 10.4. The third kappa shape index (κ3) is 1.50. The van der Waals surface area contributed by atoms with Crippen LogP contribution in [0.4, 0.5) is 0 Å². The van der Waals surface area contributed by atoms with Gasteiger partial charge < -0.3 is 5.32 Å². The Balaban J connectivity index is 2.27. The molecular weight excluding hydrogens is 102 g/mol. The average Bonchev–Trinajstić information content (AvgIpc) is 1.94.